The lowest BCUT2D eigenvalue weighted by atomic mass is 10.2. The fourth-order valence-electron chi connectivity index (χ4n) is 2.78. The van der Waals surface area contributed by atoms with Crippen LogP contribution in [0.2, 0.25) is 0 Å². The molecule has 0 amide bonds. The quantitative estimate of drug-likeness (QED) is 0.329. The highest BCUT2D eigenvalue weighted by molar-refractivity contribution is 8.00. The molecule has 0 aliphatic heterocycles. The molecule has 0 fully saturated rings. The predicted octanol–water partition coefficient (Wildman–Crippen LogP) is 3.48. The molecule has 0 saturated heterocycles. The molecule has 0 heterocycles. The lowest BCUT2D eigenvalue weighted by Gasteiger charge is -2.03. The average molecular weight is 609 g/mol. The zero-order chi connectivity index (χ0) is 30.7. The molecule has 0 radical (unpaired) electrons. The predicted molar refractivity (Wildman–Crippen MR) is 160 cm³/mol. The molecule has 0 bridgehead atoms. The van der Waals surface area contributed by atoms with Gasteiger partial charge in [0.2, 0.25) is 0 Å². The molecule has 0 spiro atoms. The first-order valence-electron chi connectivity index (χ1n) is 11.2. The summed E-state index contributed by atoms with van der Waals surface area (Å²) < 4.78 is 43.0. The number of aromatic carboxylic acids is 1. The van der Waals surface area contributed by atoms with Gasteiger partial charge in [-0.2, -0.15) is 0 Å². The SMILES string of the molecule is C=S(C)(=O)c1ccc(C(=O)O)cc1.C=S(C)(=O)c1ccc(C(=O)OC)cc1.COC(=O)c1ccc(S(C)=O)cc1. The lowest BCUT2D eigenvalue weighted by molar-refractivity contribution is 0.0592. The van der Waals surface area contributed by atoms with Crippen LogP contribution >= 0.6 is 0 Å². The van der Waals surface area contributed by atoms with Gasteiger partial charge in [-0.05, 0) is 104 Å². The third-order valence-electron chi connectivity index (χ3n) is 4.98. The Morgan fingerprint density at radius 2 is 0.975 bits per heavy atom. The van der Waals surface area contributed by atoms with Crippen LogP contribution in [0, 0.1) is 0 Å². The Morgan fingerprint density at radius 1 is 0.675 bits per heavy atom. The van der Waals surface area contributed by atoms with Crippen LogP contribution in [0.15, 0.2) is 87.5 Å². The Morgan fingerprint density at radius 3 is 1.23 bits per heavy atom. The van der Waals surface area contributed by atoms with Crippen molar-refractivity contribution >= 4 is 59.5 Å². The monoisotopic (exact) mass is 608 g/mol. The van der Waals surface area contributed by atoms with Crippen LogP contribution in [0.1, 0.15) is 31.1 Å². The van der Waals surface area contributed by atoms with E-state index in [2.05, 4.69) is 21.2 Å². The zero-order valence-corrected chi connectivity index (χ0v) is 25.2. The lowest BCUT2D eigenvalue weighted by Crippen LogP contribution is -2.02. The number of hydrogen-bond donors (Lipinski definition) is 1. The number of rotatable bonds is 6. The fourth-order valence-corrected chi connectivity index (χ4v) is 4.73. The Hall–Kier alpha value is -3.74. The number of carbonyl (C=O) groups excluding carboxylic acids is 2. The molecule has 3 unspecified atom stereocenters. The van der Waals surface area contributed by atoms with Gasteiger partial charge in [0, 0.05) is 44.3 Å². The van der Waals surface area contributed by atoms with Gasteiger partial charge in [0.05, 0.1) is 30.9 Å². The summed E-state index contributed by atoms with van der Waals surface area (Å²) in [5, 5.41) is 8.59. The molecule has 0 aromatic heterocycles. The average Bonchev–Trinajstić information content (AvgIpc) is 2.92. The topological polar surface area (TPSA) is 141 Å². The minimum Gasteiger partial charge on any atom is -0.478 e. The standard InChI is InChI=1S/C10H12O3S.2C9H10O3S/c1-13-10(11)8-4-6-9(7-5-8)14(2,3)12;1-12-9(10)7-3-5-8(6-4-7)13(2)11;1-13(2,12)8-5-3-7(4-6-8)9(10)11/h4-7H,2H2,1,3H3;3-6H,1-2H3;3-6H,1H2,2H3,(H,10,11). The van der Waals surface area contributed by atoms with Crippen LogP contribution in [-0.4, -0.2) is 80.4 Å². The van der Waals surface area contributed by atoms with E-state index in [0.29, 0.717) is 25.8 Å². The third kappa shape index (κ3) is 11.2. The maximum Gasteiger partial charge on any atom is 0.337 e. The van der Waals surface area contributed by atoms with Gasteiger partial charge in [-0.15, -0.1) is 0 Å². The van der Waals surface area contributed by atoms with E-state index in [0.717, 1.165) is 0 Å². The first-order valence-corrected chi connectivity index (χ1v) is 17.0. The summed E-state index contributed by atoms with van der Waals surface area (Å²) in [4.78, 5) is 34.4. The maximum absolute atomic E-state index is 11.5. The summed E-state index contributed by atoms with van der Waals surface area (Å²) in [6.45, 7) is 0. The van der Waals surface area contributed by atoms with E-state index in [1.807, 2.05) is 0 Å². The normalized spacial score (nSPS) is 13.8. The molecular weight excluding hydrogens is 577 g/mol. The van der Waals surface area contributed by atoms with Crippen molar-refractivity contribution in [2.24, 2.45) is 0 Å². The first kappa shape index (κ1) is 34.3. The van der Waals surface area contributed by atoms with Crippen LogP contribution in [-0.2, 0) is 39.3 Å². The number of benzene rings is 3. The van der Waals surface area contributed by atoms with Crippen LogP contribution in [0.5, 0.6) is 0 Å². The largest absolute Gasteiger partial charge is 0.478 e. The van der Waals surface area contributed by atoms with E-state index < -0.39 is 41.8 Å². The zero-order valence-electron chi connectivity index (χ0n) is 22.8. The molecule has 3 aromatic carbocycles. The highest BCUT2D eigenvalue weighted by atomic mass is 32.2. The van der Waals surface area contributed by atoms with Crippen LogP contribution in [0.25, 0.3) is 0 Å². The van der Waals surface area contributed by atoms with E-state index in [4.69, 9.17) is 5.11 Å². The number of carbonyl (C=O) groups is 3. The van der Waals surface area contributed by atoms with Crippen molar-refractivity contribution in [1.29, 1.82) is 0 Å². The second-order valence-corrected chi connectivity index (χ2v) is 14.7. The summed E-state index contributed by atoms with van der Waals surface area (Å²) in [6, 6.07) is 18.8. The van der Waals surface area contributed by atoms with Crippen molar-refractivity contribution in [3.8, 4) is 0 Å². The Kier molecular flexibility index (Phi) is 13.0. The molecule has 0 saturated carbocycles. The molecule has 0 aliphatic carbocycles. The van der Waals surface area contributed by atoms with E-state index in [1.54, 1.807) is 61.0 Å². The molecule has 9 nitrogen and oxygen atoms in total. The molecule has 3 aromatic rings. The van der Waals surface area contributed by atoms with Crippen molar-refractivity contribution in [2.75, 3.05) is 33.0 Å². The molecule has 3 atom stereocenters. The van der Waals surface area contributed by atoms with Gasteiger partial charge < -0.3 is 14.6 Å². The second kappa shape index (κ2) is 15.2. The highest BCUT2D eigenvalue weighted by Crippen LogP contribution is 2.12. The number of esters is 2. The number of carboxylic acids is 1. The third-order valence-corrected chi connectivity index (χ3v) is 8.46. The van der Waals surface area contributed by atoms with Gasteiger partial charge in [-0.25, -0.2) is 14.4 Å². The van der Waals surface area contributed by atoms with Crippen molar-refractivity contribution < 1.29 is 41.6 Å². The summed E-state index contributed by atoms with van der Waals surface area (Å²) in [6.07, 6.45) is 4.66. The molecule has 216 valence electrons. The second-order valence-electron chi connectivity index (χ2n) is 8.33. The van der Waals surface area contributed by atoms with Gasteiger partial charge >= 0.3 is 17.9 Å². The fraction of sp³-hybridized carbons (Fsp3) is 0.179. The van der Waals surface area contributed by atoms with Gasteiger partial charge in [0.25, 0.3) is 0 Å². The molecular formula is C28H32O9S3. The van der Waals surface area contributed by atoms with Crippen molar-refractivity contribution in [3.05, 3.63) is 89.5 Å². The van der Waals surface area contributed by atoms with Gasteiger partial charge in [-0.1, -0.05) is 0 Å². The van der Waals surface area contributed by atoms with E-state index in [9.17, 15) is 27.0 Å². The highest BCUT2D eigenvalue weighted by Gasteiger charge is 2.07. The minimum atomic E-state index is -2.24. The number of hydrogen-bond acceptors (Lipinski definition) is 8. The Balaban J connectivity index is 0.000000300. The van der Waals surface area contributed by atoms with Crippen LogP contribution < -0.4 is 0 Å². The maximum atomic E-state index is 11.5. The minimum absolute atomic E-state index is 0.187. The van der Waals surface area contributed by atoms with E-state index in [1.165, 1.54) is 44.7 Å². The van der Waals surface area contributed by atoms with Crippen LogP contribution in [0.4, 0.5) is 0 Å². The summed E-state index contributed by atoms with van der Waals surface area (Å²) >= 11 is 0. The van der Waals surface area contributed by atoms with Gasteiger partial charge in [0.15, 0.2) is 0 Å². The number of methoxy groups -OCH3 is 2. The molecule has 1 N–H and O–H groups in total. The van der Waals surface area contributed by atoms with Crippen LogP contribution in [0.3, 0.4) is 0 Å². The van der Waals surface area contributed by atoms with Gasteiger partial charge in [0.1, 0.15) is 0 Å². The first-order chi connectivity index (χ1) is 18.5. The molecule has 3 rings (SSSR count). The van der Waals surface area contributed by atoms with Crippen molar-refractivity contribution in [2.45, 2.75) is 14.7 Å². The molecule has 40 heavy (non-hydrogen) atoms. The molecule has 12 heteroatoms. The summed E-state index contributed by atoms with van der Waals surface area (Å²) in [7, 11) is -2.80. The number of carboxylic acid groups (broad SMARTS) is 1. The molecule has 0 aliphatic rings. The smallest absolute Gasteiger partial charge is 0.337 e. The summed E-state index contributed by atoms with van der Waals surface area (Å²) in [5.41, 5.74) is 1.10. The Bertz CT molecular complexity index is 1560. The van der Waals surface area contributed by atoms with E-state index >= 15 is 0 Å². The van der Waals surface area contributed by atoms with Crippen molar-refractivity contribution in [1.82, 2.24) is 0 Å². The van der Waals surface area contributed by atoms with Crippen molar-refractivity contribution in [3.63, 3.8) is 0 Å². The van der Waals surface area contributed by atoms with E-state index in [-0.39, 0.29) is 11.5 Å². The van der Waals surface area contributed by atoms with Gasteiger partial charge in [-0.3, -0.25) is 12.6 Å². The summed E-state index contributed by atoms with van der Waals surface area (Å²) in [5.74, 6) is 5.27. The Labute approximate surface area is 237 Å². The number of ether oxygens (including phenoxy) is 2.